The van der Waals surface area contributed by atoms with Crippen LogP contribution in [-0.2, 0) is 6.61 Å². The molecule has 0 N–H and O–H groups in total. The van der Waals surface area contributed by atoms with E-state index < -0.39 is 10.7 Å². The van der Waals surface area contributed by atoms with E-state index in [2.05, 4.69) is 0 Å². The van der Waals surface area contributed by atoms with Crippen molar-refractivity contribution in [2.45, 2.75) is 13.5 Å². The van der Waals surface area contributed by atoms with Gasteiger partial charge in [0, 0.05) is 5.56 Å². The van der Waals surface area contributed by atoms with Crippen molar-refractivity contribution in [3.8, 4) is 11.8 Å². The van der Waals surface area contributed by atoms with Gasteiger partial charge in [-0.25, -0.2) is 4.39 Å². The summed E-state index contributed by atoms with van der Waals surface area (Å²) in [5.41, 5.74) is 0.869. The molecule has 0 atom stereocenters. The van der Waals surface area contributed by atoms with Crippen LogP contribution in [-0.4, -0.2) is 4.92 Å². The Morgan fingerprint density at radius 2 is 2.14 bits per heavy atom. The summed E-state index contributed by atoms with van der Waals surface area (Å²) in [5, 5.41) is 19.8. The van der Waals surface area contributed by atoms with Gasteiger partial charge < -0.3 is 4.74 Å². The van der Waals surface area contributed by atoms with E-state index in [4.69, 9.17) is 10.00 Å². The summed E-state index contributed by atoms with van der Waals surface area (Å²) in [5.74, 6) is -0.467. The number of halogens is 1. The molecule has 0 saturated carbocycles. The molecule has 0 radical (unpaired) electrons. The Morgan fingerprint density at radius 3 is 2.81 bits per heavy atom. The molecule has 5 nitrogen and oxygen atoms in total. The fourth-order valence-corrected chi connectivity index (χ4v) is 1.89. The highest BCUT2D eigenvalue weighted by Crippen LogP contribution is 2.30. The smallest absolute Gasteiger partial charge is 0.313 e. The first kappa shape index (κ1) is 14.5. The molecule has 0 saturated heterocycles. The molecule has 0 spiro atoms. The van der Waals surface area contributed by atoms with Gasteiger partial charge in [0.15, 0.2) is 5.75 Å². The Balaban J connectivity index is 2.23. The summed E-state index contributed by atoms with van der Waals surface area (Å²) in [6, 6.07) is 10.5. The lowest BCUT2D eigenvalue weighted by atomic mass is 10.1. The monoisotopic (exact) mass is 286 g/mol. The van der Waals surface area contributed by atoms with E-state index in [0.29, 0.717) is 11.1 Å². The van der Waals surface area contributed by atoms with Crippen molar-refractivity contribution in [3.63, 3.8) is 0 Å². The molecule has 2 rings (SSSR count). The van der Waals surface area contributed by atoms with Gasteiger partial charge in [-0.15, -0.1) is 0 Å². The highest BCUT2D eigenvalue weighted by Gasteiger charge is 2.18. The number of nitrogens with zero attached hydrogens (tertiary/aromatic N) is 2. The van der Waals surface area contributed by atoms with Crippen LogP contribution < -0.4 is 4.74 Å². The van der Waals surface area contributed by atoms with Gasteiger partial charge in [0.2, 0.25) is 0 Å². The van der Waals surface area contributed by atoms with E-state index in [-0.39, 0.29) is 23.6 Å². The molecule has 0 aliphatic heterocycles. The molecule has 0 amide bonds. The van der Waals surface area contributed by atoms with Crippen LogP contribution in [0.5, 0.6) is 5.75 Å². The topological polar surface area (TPSA) is 76.2 Å². The summed E-state index contributed by atoms with van der Waals surface area (Å²) in [6.07, 6.45) is 0. The second-order valence-corrected chi connectivity index (χ2v) is 4.39. The number of ether oxygens (including phenoxy) is 1. The van der Waals surface area contributed by atoms with Gasteiger partial charge in [0.1, 0.15) is 18.5 Å². The molecule has 0 unspecified atom stereocenters. The molecule has 6 heteroatoms. The van der Waals surface area contributed by atoms with Crippen molar-refractivity contribution in [2.24, 2.45) is 0 Å². The van der Waals surface area contributed by atoms with E-state index in [9.17, 15) is 14.5 Å². The van der Waals surface area contributed by atoms with E-state index in [1.807, 2.05) is 0 Å². The largest absolute Gasteiger partial charge is 0.482 e. The van der Waals surface area contributed by atoms with Crippen LogP contribution in [0.4, 0.5) is 10.1 Å². The zero-order valence-corrected chi connectivity index (χ0v) is 11.2. The highest BCUT2D eigenvalue weighted by atomic mass is 19.1. The molecular formula is C15H11FN2O3. The van der Waals surface area contributed by atoms with Crippen molar-refractivity contribution >= 4 is 5.69 Å². The summed E-state index contributed by atoms with van der Waals surface area (Å²) >= 11 is 0. The first-order valence-electron chi connectivity index (χ1n) is 6.08. The Bertz CT molecular complexity index is 738. The molecule has 21 heavy (non-hydrogen) atoms. The number of rotatable bonds is 4. The SMILES string of the molecule is Cc1cccc(OCc2ccc(F)c(C#N)c2)c1[N+](=O)[O-]. The predicted octanol–water partition coefficient (Wildman–Crippen LogP) is 3.49. The molecule has 0 aliphatic carbocycles. The van der Waals surface area contributed by atoms with Gasteiger partial charge >= 0.3 is 5.69 Å². The van der Waals surface area contributed by atoms with Crippen molar-refractivity contribution < 1.29 is 14.1 Å². The van der Waals surface area contributed by atoms with Crippen LogP contribution in [0.3, 0.4) is 0 Å². The van der Waals surface area contributed by atoms with Crippen LogP contribution in [0, 0.1) is 34.2 Å². The Labute approximate surface area is 120 Å². The minimum absolute atomic E-state index is 0.0131. The number of nitro groups is 1. The van der Waals surface area contributed by atoms with Gasteiger partial charge in [-0.1, -0.05) is 18.2 Å². The molecule has 0 aromatic heterocycles. The third kappa shape index (κ3) is 3.15. The minimum Gasteiger partial charge on any atom is -0.482 e. The average molecular weight is 286 g/mol. The molecule has 106 valence electrons. The number of aryl methyl sites for hydroxylation is 1. The zero-order chi connectivity index (χ0) is 15.4. The third-order valence-corrected chi connectivity index (χ3v) is 2.93. The van der Waals surface area contributed by atoms with Crippen molar-refractivity contribution in [3.05, 3.63) is 69.0 Å². The lowest BCUT2D eigenvalue weighted by Crippen LogP contribution is -2.01. The summed E-state index contributed by atoms with van der Waals surface area (Å²) in [4.78, 5) is 10.5. The number of hydrogen-bond acceptors (Lipinski definition) is 4. The van der Waals surface area contributed by atoms with E-state index in [1.165, 1.54) is 24.3 Å². The van der Waals surface area contributed by atoms with Crippen LogP contribution >= 0.6 is 0 Å². The Kier molecular flexibility index (Phi) is 4.14. The van der Waals surface area contributed by atoms with Gasteiger partial charge in [-0.05, 0) is 30.7 Å². The third-order valence-electron chi connectivity index (χ3n) is 2.93. The zero-order valence-electron chi connectivity index (χ0n) is 11.2. The first-order chi connectivity index (χ1) is 10.0. The average Bonchev–Trinajstić information content (AvgIpc) is 2.46. The van der Waals surface area contributed by atoms with E-state index >= 15 is 0 Å². The molecule has 0 fully saturated rings. The van der Waals surface area contributed by atoms with Gasteiger partial charge in [-0.3, -0.25) is 10.1 Å². The van der Waals surface area contributed by atoms with Gasteiger partial charge in [0.05, 0.1) is 10.5 Å². The van der Waals surface area contributed by atoms with Crippen molar-refractivity contribution in [2.75, 3.05) is 0 Å². The molecule has 0 aliphatic rings. The van der Waals surface area contributed by atoms with E-state index in [0.717, 1.165) is 0 Å². The fourth-order valence-electron chi connectivity index (χ4n) is 1.89. The van der Waals surface area contributed by atoms with Crippen molar-refractivity contribution in [1.29, 1.82) is 5.26 Å². The summed E-state index contributed by atoms with van der Waals surface area (Å²) in [6.45, 7) is 1.63. The molecule has 2 aromatic carbocycles. The molecule has 2 aromatic rings. The van der Waals surface area contributed by atoms with Crippen molar-refractivity contribution in [1.82, 2.24) is 0 Å². The number of nitro benzene ring substituents is 1. The lowest BCUT2D eigenvalue weighted by Gasteiger charge is -2.08. The van der Waals surface area contributed by atoms with E-state index in [1.54, 1.807) is 25.1 Å². The number of benzene rings is 2. The molecule has 0 bridgehead atoms. The number of hydrogen-bond donors (Lipinski definition) is 0. The fraction of sp³-hybridized carbons (Fsp3) is 0.133. The molecule has 0 heterocycles. The molecular weight excluding hydrogens is 275 g/mol. The standard InChI is InChI=1S/C15H11FN2O3/c1-10-3-2-4-14(15(10)18(19)20)21-9-11-5-6-13(16)12(7-11)8-17/h2-7H,9H2,1H3. The maximum atomic E-state index is 13.2. The second-order valence-electron chi connectivity index (χ2n) is 4.39. The Morgan fingerprint density at radius 1 is 1.38 bits per heavy atom. The summed E-state index contributed by atoms with van der Waals surface area (Å²) < 4.78 is 18.6. The maximum Gasteiger partial charge on any atom is 0.313 e. The predicted molar refractivity (Wildman–Crippen MR) is 73.3 cm³/mol. The minimum atomic E-state index is -0.609. The van der Waals surface area contributed by atoms with Gasteiger partial charge in [-0.2, -0.15) is 5.26 Å². The maximum absolute atomic E-state index is 13.2. The lowest BCUT2D eigenvalue weighted by molar-refractivity contribution is -0.386. The summed E-state index contributed by atoms with van der Waals surface area (Å²) in [7, 11) is 0. The Hall–Kier alpha value is -2.94. The van der Waals surface area contributed by atoms with Crippen LogP contribution in [0.25, 0.3) is 0 Å². The number of para-hydroxylation sites is 1. The quantitative estimate of drug-likeness (QED) is 0.636. The van der Waals surface area contributed by atoms with Crippen LogP contribution in [0.1, 0.15) is 16.7 Å². The normalized spacial score (nSPS) is 9.95. The van der Waals surface area contributed by atoms with Gasteiger partial charge in [0.25, 0.3) is 0 Å². The number of nitriles is 1. The highest BCUT2D eigenvalue weighted by molar-refractivity contribution is 5.52. The van der Waals surface area contributed by atoms with Crippen LogP contribution in [0.15, 0.2) is 36.4 Å². The second kappa shape index (κ2) is 6.01. The first-order valence-corrected chi connectivity index (χ1v) is 6.08. The van der Waals surface area contributed by atoms with Crippen LogP contribution in [0.2, 0.25) is 0 Å².